The Kier molecular flexibility index (Phi) is 2.52. The Balaban J connectivity index is 2.04. The molecule has 2 heterocycles. The van der Waals surface area contributed by atoms with E-state index in [-0.39, 0.29) is 5.69 Å². The number of fused-ring (bicyclic) bond motifs is 1. The van der Waals surface area contributed by atoms with Crippen LogP contribution in [-0.2, 0) is 6.54 Å². The van der Waals surface area contributed by atoms with E-state index in [1.165, 1.54) is 12.0 Å². The van der Waals surface area contributed by atoms with E-state index in [9.17, 15) is 4.79 Å². The zero-order chi connectivity index (χ0) is 11.8. The van der Waals surface area contributed by atoms with Crippen molar-refractivity contribution >= 4 is 11.0 Å². The molecular formula is C13H17N3O. The Morgan fingerprint density at radius 3 is 3.12 bits per heavy atom. The highest BCUT2D eigenvalue weighted by atomic mass is 16.1. The van der Waals surface area contributed by atoms with Crippen LogP contribution in [0.4, 0.5) is 0 Å². The lowest BCUT2D eigenvalue weighted by Gasteiger charge is -2.11. The van der Waals surface area contributed by atoms with Gasteiger partial charge in [0, 0.05) is 12.6 Å². The van der Waals surface area contributed by atoms with Gasteiger partial charge in [0.05, 0.1) is 11.0 Å². The van der Waals surface area contributed by atoms with Gasteiger partial charge in [-0.05, 0) is 44.0 Å². The van der Waals surface area contributed by atoms with Crippen LogP contribution in [0.1, 0.15) is 18.4 Å². The molecule has 17 heavy (non-hydrogen) atoms. The summed E-state index contributed by atoms with van der Waals surface area (Å²) in [6, 6.07) is 6.51. The number of aromatic nitrogens is 2. The molecule has 1 aliphatic heterocycles. The summed E-state index contributed by atoms with van der Waals surface area (Å²) in [5.41, 5.74) is 3.13. The van der Waals surface area contributed by atoms with Crippen LogP contribution >= 0.6 is 0 Å². The molecular weight excluding hydrogens is 214 g/mol. The Labute approximate surface area is 99.6 Å². The van der Waals surface area contributed by atoms with Gasteiger partial charge >= 0.3 is 5.69 Å². The van der Waals surface area contributed by atoms with Crippen LogP contribution < -0.4 is 11.0 Å². The van der Waals surface area contributed by atoms with Crippen molar-refractivity contribution in [3.63, 3.8) is 0 Å². The molecule has 0 aliphatic carbocycles. The average molecular weight is 231 g/mol. The molecule has 1 aliphatic rings. The Morgan fingerprint density at radius 1 is 1.47 bits per heavy atom. The first-order valence-corrected chi connectivity index (χ1v) is 6.16. The number of aromatic amines is 1. The number of H-pyrrole nitrogens is 1. The Bertz CT molecular complexity index is 590. The zero-order valence-electron chi connectivity index (χ0n) is 9.99. The molecule has 1 fully saturated rings. The molecule has 1 aromatic carbocycles. The molecule has 0 bridgehead atoms. The minimum atomic E-state index is -0.000648. The fourth-order valence-corrected chi connectivity index (χ4v) is 2.58. The SMILES string of the molecule is Cc1ccc2[nH]c(=O)n(CC3CCCN3)c2c1. The van der Waals surface area contributed by atoms with Crippen molar-refractivity contribution in [2.24, 2.45) is 0 Å². The van der Waals surface area contributed by atoms with Gasteiger partial charge in [-0.3, -0.25) is 4.57 Å². The lowest BCUT2D eigenvalue weighted by molar-refractivity contribution is 0.509. The summed E-state index contributed by atoms with van der Waals surface area (Å²) in [5.74, 6) is 0. The van der Waals surface area contributed by atoms with Gasteiger partial charge in [-0.25, -0.2) is 4.79 Å². The van der Waals surface area contributed by atoms with E-state index in [4.69, 9.17) is 0 Å². The van der Waals surface area contributed by atoms with Gasteiger partial charge in [0.1, 0.15) is 0 Å². The summed E-state index contributed by atoms with van der Waals surface area (Å²) in [4.78, 5) is 14.8. The van der Waals surface area contributed by atoms with E-state index < -0.39 is 0 Å². The predicted molar refractivity (Wildman–Crippen MR) is 68.3 cm³/mol. The third-order valence-electron chi connectivity index (χ3n) is 3.50. The second-order valence-corrected chi connectivity index (χ2v) is 4.85. The summed E-state index contributed by atoms with van der Waals surface area (Å²) in [6.07, 6.45) is 2.37. The molecule has 2 aromatic rings. The van der Waals surface area contributed by atoms with Gasteiger partial charge in [0.25, 0.3) is 0 Å². The number of nitrogens with zero attached hydrogens (tertiary/aromatic N) is 1. The number of rotatable bonds is 2. The van der Waals surface area contributed by atoms with Gasteiger partial charge in [-0.1, -0.05) is 6.07 Å². The van der Waals surface area contributed by atoms with Crippen molar-refractivity contribution in [3.8, 4) is 0 Å². The van der Waals surface area contributed by atoms with E-state index in [2.05, 4.69) is 23.3 Å². The maximum Gasteiger partial charge on any atom is 0.326 e. The smallest absolute Gasteiger partial charge is 0.312 e. The second kappa shape index (κ2) is 4.04. The van der Waals surface area contributed by atoms with Crippen LogP contribution in [0.15, 0.2) is 23.0 Å². The van der Waals surface area contributed by atoms with E-state index in [0.29, 0.717) is 6.04 Å². The molecule has 0 radical (unpaired) electrons. The maximum atomic E-state index is 11.9. The second-order valence-electron chi connectivity index (χ2n) is 4.85. The van der Waals surface area contributed by atoms with E-state index >= 15 is 0 Å². The van der Waals surface area contributed by atoms with Crippen LogP contribution in [0.2, 0.25) is 0 Å². The first-order valence-electron chi connectivity index (χ1n) is 6.16. The molecule has 4 nitrogen and oxygen atoms in total. The van der Waals surface area contributed by atoms with Crippen LogP contribution in [0.25, 0.3) is 11.0 Å². The Morgan fingerprint density at radius 2 is 2.35 bits per heavy atom. The number of benzene rings is 1. The molecule has 1 unspecified atom stereocenters. The van der Waals surface area contributed by atoms with Crippen molar-refractivity contribution in [3.05, 3.63) is 34.2 Å². The maximum absolute atomic E-state index is 11.9. The molecule has 0 spiro atoms. The minimum absolute atomic E-state index is 0.000648. The number of imidazole rings is 1. The standard InChI is InChI=1S/C13H17N3O/c1-9-4-5-11-12(7-9)16(13(17)15-11)8-10-3-2-6-14-10/h4-5,7,10,14H,2-3,6,8H2,1H3,(H,15,17). The van der Waals surface area contributed by atoms with Crippen molar-refractivity contribution < 1.29 is 0 Å². The third-order valence-corrected chi connectivity index (χ3v) is 3.50. The van der Waals surface area contributed by atoms with Crippen molar-refractivity contribution in [1.29, 1.82) is 0 Å². The van der Waals surface area contributed by atoms with Crippen molar-refractivity contribution in [2.75, 3.05) is 6.54 Å². The molecule has 1 saturated heterocycles. The van der Waals surface area contributed by atoms with E-state index in [1.54, 1.807) is 0 Å². The predicted octanol–water partition coefficient (Wildman–Crippen LogP) is 1.39. The first kappa shape index (κ1) is 10.6. The molecule has 1 atom stereocenters. The van der Waals surface area contributed by atoms with Gasteiger partial charge in [0.15, 0.2) is 0 Å². The Hall–Kier alpha value is -1.55. The molecule has 1 aromatic heterocycles. The fraction of sp³-hybridized carbons (Fsp3) is 0.462. The molecule has 90 valence electrons. The monoisotopic (exact) mass is 231 g/mol. The number of nitrogens with one attached hydrogen (secondary N) is 2. The summed E-state index contributed by atoms with van der Waals surface area (Å²) in [5, 5.41) is 3.43. The van der Waals surface area contributed by atoms with Crippen LogP contribution in [-0.4, -0.2) is 22.1 Å². The molecule has 0 amide bonds. The van der Waals surface area contributed by atoms with Crippen molar-refractivity contribution in [2.45, 2.75) is 32.4 Å². The van der Waals surface area contributed by atoms with Crippen LogP contribution in [0.3, 0.4) is 0 Å². The van der Waals surface area contributed by atoms with Gasteiger partial charge in [-0.2, -0.15) is 0 Å². The normalized spacial score (nSPS) is 20.2. The molecule has 0 saturated carbocycles. The first-order chi connectivity index (χ1) is 8.24. The topological polar surface area (TPSA) is 49.8 Å². The van der Waals surface area contributed by atoms with Gasteiger partial charge in [0.2, 0.25) is 0 Å². The average Bonchev–Trinajstić information content (AvgIpc) is 2.90. The van der Waals surface area contributed by atoms with Gasteiger partial charge < -0.3 is 10.3 Å². The lowest BCUT2D eigenvalue weighted by atomic mass is 10.2. The molecule has 2 N–H and O–H groups in total. The summed E-state index contributed by atoms with van der Waals surface area (Å²) in [6.45, 7) is 3.89. The number of hydrogen-bond acceptors (Lipinski definition) is 2. The molecule has 4 heteroatoms. The highest BCUT2D eigenvalue weighted by Gasteiger charge is 2.17. The van der Waals surface area contributed by atoms with E-state index in [1.807, 2.05) is 16.7 Å². The number of aryl methyl sites for hydroxylation is 1. The third kappa shape index (κ3) is 1.89. The van der Waals surface area contributed by atoms with Gasteiger partial charge in [-0.15, -0.1) is 0 Å². The summed E-state index contributed by atoms with van der Waals surface area (Å²) >= 11 is 0. The largest absolute Gasteiger partial charge is 0.326 e. The minimum Gasteiger partial charge on any atom is -0.312 e. The highest BCUT2D eigenvalue weighted by molar-refractivity contribution is 5.75. The van der Waals surface area contributed by atoms with Crippen LogP contribution in [0, 0.1) is 6.92 Å². The van der Waals surface area contributed by atoms with E-state index in [0.717, 1.165) is 30.5 Å². The number of hydrogen-bond donors (Lipinski definition) is 2. The fourth-order valence-electron chi connectivity index (χ4n) is 2.58. The summed E-state index contributed by atoms with van der Waals surface area (Å²) in [7, 11) is 0. The molecule has 3 rings (SSSR count). The highest BCUT2D eigenvalue weighted by Crippen LogP contribution is 2.14. The zero-order valence-corrected chi connectivity index (χ0v) is 9.99. The van der Waals surface area contributed by atoms with Crippen LogP contribution in [0.5, 0.6) is 0 Å². The lowest BCUT2D eigenvalue weighted by Crippen LogP contribution is -2.31. The quantitative estimate of drug-likeness (QED) is 0.820. The summed E-state index contributed by atoms with van der Waals surface area (Å²) < 4.78 is 1.85. The van der Waals surface area contributed by atoms with Crippen molar-refractivity contribution in [1.82, 2.24) is 14.9 Å².